The van der Waals surface area contributed by atoms with Crippen LogP contribution in [0.4, 0.5) is 11.4 Å². The van der Waals surface area contributed by atoms with Gasteiger partial charge in [-0.15, -0.1) is 0 Å². The Balaban J connectivity index is 1.82. The average Bonchev–Trinajstić information content (AvgIpc) is 2.97. The first-order valence-electron chi connectivity index (χ1n) is 7.90. The van der Waals surface area contributed by atoms with E-state index in [1.165, 1.54) is 11.8 Å². The molecule has 3 rings (SSSR count). The molecule has 4 N–H and O–H groups in total. The van der Waals surface area contributed by atoms with Crippen LogP contribution in [0, 0.1) is 0 Å². The van der Waals surface area contributed by atoms with E-state index in [4.69, 9.17) is 11.5 Å². The molecular formula is C16H20BrN5O2S. The van der Waals surface area contributed by atoms with Crippen molar-refractivity contribution in [3.05, 3.63) is 35.4 Å². The van der Waals surface area contributed by atoms with Crippen molar-refractivity contribution in [2.24, 2.45) is 11.5 Å². The lowest BCUT2D eigenvalue weighted by Gasteiger charge is -2.38. The molecule has 1 aromatic carbocycles. The molecule has 0 saturated carbocycles. The van der Waals surface area contributed by atoms with Crippen molar-refractivity contribution in [2.75, 3.05) is 42.5 Å². The summed E-state index contributed by atoms with van der Waals surface area (Å²) in [7, 11) is 0. The molecule has 0 aromatic heterocycles. The first-order chi connectivity index (χ1) is 12.0. The Morgan fingerprint density at radius 3 is 2.36 bits per heavy atom. The predicted octanol–water partition coefficient (Wildman–Crippen LogP) is 0.852. The summed E-state index contributed by atoms with van der Waals surface area (Å²) in [5.41, 5.74) is 13.3. The summed E-state index contributed by atoms with van der Waals surface area (Å²) < 4.78 is -0.0766. The fraction of sp³-hybridized carbons (Fsp3) is 0.375. The minimum absolute atomic E-state index is 0.0766. The topological polar surface area (TPSA) is 95.9 Å². The quantitative estimate of drug-likeness (QED) is 0.536. The monoisotopic (exact) mass is 425 g/mol. The van der Waals surface area contributed by atoms with Gasteiger partial charge >= 0.3 is 0 Å². The first-order valence-corrected chi connectivity index (χ1v) is 9.76. The van der Waals surface area contributed by atoms with E-state index in [2.05, 4.69) is 25.7 Å². The van der Waals surface area contributed by atoms with Gasteiger partial charge in [-0.25, -0.2) is 0 Å². The number of carbonyl (C=O) groups excluding carboxylic acids is 2. The van der Waals surface area contributed by atoms with E-state index < -0.39 is 5.91 Å². The van der Waals surface area contributed by atoms with Gasteiger partial charge in [0.25, 0.3) is 5.91 Å². The van der Waals surface area contributed by atoms with Crippen LogP contribution < -0.4 is 21.3 Å². The van der Waals surface area contributed by atoms with Gasteiger partial charge in [-0.2, -0.15) is 0 Å². The number of amides is 2. The van der Waals surface area contributed by atoms with E-state index in [-0.39, 0.29) is 16.7 Å². The number of rotatable bonds is 5. The molecule has 1 aromatic rings. The number of primary amides is 2. The highest BCUT2D eigenvalue weighted by Gasteiger charge is 2.32. The second-order valence-electron chi connectivity index (χ2n) is 5.88. The smallest absolute Gasteiger partial charge is 0.265 e. The van der Waals surface area contributed by atoms with Crippen LogP contribution in [0.5, 0.6) is 0 Å². The van der Waals surface area contributed by atoms with Crippen LogP contribution >= 0.6 is 27.7 Å². The van der Waals surface area contributed by atoms with Gasteiger partial charge in [-0.1, -0.05) is 39.8 Å². The zero-order chi connectivity index (χ0) is 18.0. The van der Waals surface area contributed by atoms with Crippen molar-refractivity contribution >= 4 is 50.9 Å². The van der Waals surface area contributed by atoms with Gasteiger partial charge in [-0.3, -0.25) is 14.5 Å². The van der Waals surface area contributed by atoms with Gasteiger partial charge in [-0.05, 0) is 12.1 Å². The maximum Gasteiger partial charge on any atom is 0.265 e. The van der Waals surface area contributed by atoms with Crippen molar-refractivity contribution < 1.29 is 9.59 Å². The van der Waals surface area contributed by atoms with Crippen molar-refractivity contribution in [2.45, 2.75) is 4.28 Å². The molecule has 1 saturated heterocycles. The lowest BCUT2D eigenvalue weighted by atomic mass is 10.2. The molecule has 0 aliphatic carbocycles. The summed E-state index contributed by atoms with van der Waals surface area (Å²) in [5, 5.41) is 1.78. The van der Waals surface area contributed by atoms with Crippen LogP contribution in [0.15, 0.2) is 35.4 Å². The molecule has 0 bridgehead atoms. The van der Waals surface area contributed by atoms with Gasteiger partial charge in [0, 0.05) is 31.6 Å². The molecule has 1 unspecified atom stereocenters. The number of halogens is 1. The molecule has 1 fully saturated rings. The Labute approximate surface area is 159 Å². The number of nitrogens with two attached hydrogens (primary N) is 2. The molecule has 2 aliphatic heterocycles. The number of alkyl halides is 1. The van der Waals surface area contributed by atoms with E-state index >= 15 is 0 Å². The SMILES string of the molecule is NC(=O)CN1CCN(c2ccccc2N2C(C(N)=O)=CSC2Br)CC1. The first kappa shape index (κ1) is 18.1. The normalized spacial score (nSPS) is 21.3. The number of piperazine rings is 1. The molecular weight excluding hydrogens is 406 g/mol. The molecule has 0 radical (unpaired) electrons. The molecule has 2 amide bonds. The van der Waals surface area contributed by atoms with Crippen LogP contribution in [0.1, 0.15) is 0 Å². The summed E-state index contributed by atoms with van der Waals surface area (Å²) in [5.74, 6) is -0.753. The number of hydrogen-bond acceptors (Lipinski definition) is 6. The highest BCUT2D eigenvalue weighted by molar-refractivity contribution is 9.11. The van der Waals surface area contributed by atoms with E-state index in [0.717, 1.165) is 37.6 Å². The molecule has 1 atom stereocenters. The number of nitrogens with zero attached hydrogens (tertiary/aromatic N) is 3. The largest absolute Gasteiger partial charge is 0.369 e. The summed E-state index contributed by atoms with van der Waals surface area (Å²) in [6, 6.07) is 7.96. The number of carbonyl (C=O) groups is 2. The fourth-order valence-corrected chi connectivity index (χ4v) is 4.65. The molecule has 7 nitrogen and oxygen atoms in total. The number of hydrogen-bond donors (Lipinski definition) is 2. The van der Waals surface area contributed by atoms with Gasteiger partial charge in [0.15, 0.2) is 0 Å². The highest BCUT2D eigenvalue weighted by Crippen LogP contribution is 2.42. The summed E-state index contributed by atoms with van der Waals surface area (Å²) in [6.45, 7) is 3.39. The van der Waals surface area contributed by atoms with E-state index in [9.17, 15) is 9.59 Å². The minimum atomic E-state index is -0.449. The standard InChI is InChI=1S/C16H20BrN5O2S/c17-16-22(13(10-25-16)15(19)24)12-4-2-1-3-11(12)21-7-5-20(6-8-21)9-14(18)23/h1-4,10,16H,5-9H2,(H2,18,23)(H2,19,24). The van der Waals surface area contributed by atoms with Crippen LogP contribution in [0.25, 0.3) is 0 Å². The number of benzene rings is 1. The zero-order valence-corrected chi connectivity index (χ0v) is 16.0. The second kappa shape index (κ2) is 7.67. The average molecular weight is 426 g/mol. The van der Waals surface area contributed by atoms with E-state index in [0.29, 0.717) is 5.70 Å². The number of thioether (sulfide) groups is 1. The number of anilines is 2. The summed E-state index contributed by atoms with van der Waals surface area (Å²) >= 11 is 5.10. The molecule has 9 heteroatoms. The van der Waals surface area contributed by atoms with Gasteiger partial charge in [0.05, 0.1) is 17.9 Å². The highest BCUT2D eigenvalue weighted by atomic mass is 79.9. The van der Waals surface area contributed by atoms with Crippen LogP contribution in [0.2, 0.25) is 0 Å². The Morgan fingerprint density at radius 1 is 1.12 bits per heavy atom. The summed E-state index contributed by atoms with van der Waals surface area (Å²) in [6.07, 6.45) is 0. The molecule has 0 spiro atoms. The van der Waals surface area contributed by atoms with Gasteiger partial charge in [0.2, 0.25) is 5.91 Å². The third-order valence-electron chi connectivity index (χ3n) is 4.24. The van der Waals surface area contributed by atoms with Gasteiger partial charge in [0.1, 0.15) is 9.98 Å². The third kappa shape index (κ3) is 3.94. The third-order valence-corrected chi connectivity index (χ3v) is 6.09. The molecule has 134 valence electrons. The van der Waals surface area contributed by atoms with Crippen LogP contribution in [0.3, 0.4) is 0 Å². The Morgan fingerprint density at radius 2 is 1.76 bits per heavy atom. The number of para-hydroxylation sites is 2. The minimum Gasteiger partial charge on any atom is -0.369 e. The fourth-order valence-electron chi connectivity index (χ4n) is 3.07. The van der Waals surface area contributed by atoms with Crippen molar-refractivity contribution in [3.63, 3.8) is 0 Å². The maximum atomic E-state index is 11.8. The molecule has 2 heterocycles. The molecule has 25 heavy (non-hydrogen) atoms. The van der Waals surface area contributed by atoms with E-state index in [1.807, 2.05) is 29.2 Å². The van der Waals surface area contributed by atoms with Crippen molar-refractivity contribution in [1.82, 2.24) is 4.90 Å². The Kier molecular flexibility index (Phi) is 5.55. The van der Waals surface area contributed by atoms with Crippen LogP contribution in [-0.4, -0.2) is 53.7 Å². The molecule has 2 aliphatic rings. The maximum absolute atomic E-state index is 11.8. The van der Waals surface area contributed by atoms with Crippen LogP contribution in [-0.2, 0) is 9.59 Å². The van der Waals surface area contributed by atoms with Gasteiger partial charge < -0.3 is 21.3 Å². The van der Waals surface area contributed by atoms with E-state index in [1.54, 1.807) is 5.41 Å². The Hall–Kier alpha value is -1.71. The van der Waals surface area contributed by atoms with Crippen molar-refractivity contribution in [1.29, 1.82) is 0 Å². The predicted molar refractivity (Wildman–Crippen MR) is 104 cm³/mol. The lowest BCUT2D eigenvalue weighted by molar-refractivity contribution is -0.119. The van der Waals surface area contributed by atoms with Crippen molar-refractivity contribution in [3.8, 4) is 0 Å². The Bertz CT molecular complexity index is 706. The lowest BCUT2D eigenvalue weighted by Crippen LogP contribution is -2.49. The summed E-state index contributed by atoms with van der Waals surface area (Å²) in [4.78, 5) is 29.1. The second-order valence-corrected chi connectivity index (χ2v) is 8.31. The zero-order valence-electron chi connectivity index (χ0n) is 13.6.